The number of rotatable bonds is 7. The fraction of sp³-hybridized carbons (Fsp3) is 0.733. The molecule has 0 radical (unpaired) electrons. The third-order valence-electron chi connectivity index (χ3n) is 4.01. The van der Waals surface area contributed by atoms with Crippen LogP contribution in [0.2, 0.25) is 0 Å². The molecular weight excluding hydrogens is 290 g/mol. The van der Waals surface area contributed by atoms with Crippen molar-refractivity contribution in [3.8, 4) is 0 Å². The lowest BCUT2D eigenvalue weighted by molar-refractivity contribution is 0.232. The first-order valence-corrected chi connectivity index (χ1v) is 9.10. The van der Waals surface area contributed by atoms with Gasteiger partial charge < -0.3 is 9.52 Å². The van der Waals surface area contributed by atoms with E-state index in [2.05, 4.69) is 13.8 Å². The zero-order chi connectivity index (χ0) is 15.5. The van der Waals surface area contributed by atoms with E-state index in [1.165, 1.54) is 12.1 Å². The van der Waals surface area contributed by atoms with Gasteiger partial charge in [0, 0.05) is 12.6 Å². The normalized spacial score (nSPS) is 17.2. The van der Waals surface area contributed by atoms with E-state index < -0.39 is 10.0 Å². The number of aliphatic hydroxyl groups is 1. The van der Waals surface area contributed by atoms with Gasteiger partial charge in [-0.15, -0.1) is 0 Å². The van der Waals surface area contributed by atoms with Crippen LogP contribution >= 0.6 is 0 Å². The summed E-state index contributed by atoms with van der Waals surface area (Å²) < 4.78 is 32.5. The lowest BCUT2D eigenvalue weighted by atomic mass is 10.1. The molecule has 5 nitrogen and oxygen atoms in total. The van der Waals surface area contributed by atoms with Gasteiger partial charge in [0.25, 0.3) is 10.0 Å². The molecule has 1 N–H and O–H groups in total. The van der Waals surface area contributed by atoms with Gasteiger partial charge in [0.05, 0.1) is 0 Å². The summed E-state index contributed by atoms with van der Waals surface area (Å²) in [6, 6.07) is 3.04. The minimum absolute atomic E-state index is 0.0535. The number of hydrogen-bond donors (Lipinski definition) is 1. The second kappa shape index (κ2) is 6.94. The number of sulfonamides is 1. The summed E-state index contributed by atoms with van der Waals surface area (Å²) in [6.45, 7) is 4.43. The van der Waals surface area contributed by atoms with Gasteiger partial charge in [0.15, 0.2) is 0 Å². The van der Waals surface area contributed by atoms with E-state index in [1.54, 1.807) is 4.31 Å². The van der Waals surface area contributed by atoms with Gasteiger partial charge in [-0.3, -0.25) is 0 Å². The molecule has 120 valence electrons. The van der Waals surface area contributed by atoms with Gasteiger partial charge >= 0.3 is 0 Å². The van der Waals surface area contributed by atoms with Crippen LogP contribution in [0.3, 0.4) is 0 Å². The molecule has 6 heteroatoms. The van der Waals surface area contributed by atoms with Crippen LogP contribution in [0.4, 0.5) is 0 Å². The van der Waals surface area contributed by atoms with Crippen molar-refractivity contribution in [1.82, 2.24) is 4.31 Å². The molecule has 0 spiro atoms. The third kappa shape index (κ3) is 3.87. The van der Waals surface area contributed by atoms with E-state index in [1.807, 2.05) is 0 Å². The zero-order valence-corrected chi connectivity index (χ0v) is 13.6. The first-order valence-electron chi connectivity index (χ1n) is 7.66. The third-order valence-corrected chi connectivity index (χ3v) is 5.84. The van der Waals surface area contributed by atoms with Crippen LogP contribution in [0.15, 0.2) is 21.6 Å². The zero-order valence-electron chi connectivity index (χ0n) is 12.8. The Morgan fingerprint density at radius 1 is 1.33 bits per heavy atom. The first-order chi connectivity index (χ1) is 9.95. The molecule has 1 saturated carbocycles. The molecular formula is C15H25NO4S. The topological polar surface area (TPSA) is 70.8 Å². The van der Waals surface area contributed by atoms with Crippen LogP contribution in [0.1, 0.15) is 51.7 Å². The number of aliphatic hydroxyl groups excluding tert-OH is 1. The lowest BCUT2D eigenvalue weighted by Gasteiger charge is -2.27. The Balaban J connectivity index is 2.24. The minimum Gasteiger partial charge on any atom is -0.446 e. The molecule has 1 aliphatic rings. The number of furan rings is 1. The summed E-state index contributed by atoms with van der Waals surface area (Å²) in [5.41, 5.74) is 0. The average Bonchev–Trinajstić information content (AvgIpc) is 3.09. The van der Waals surface area contributed by atoms with Gasteiger partial charge in [-0.2, -0.15) is 4.31 Å². The predicted octanol–water partition coefficient (Wildman–Crippen LogP) is 2.75. The van der Waals surface area contributed by atoms with Crippen molar-refractivity contribution < 1.29 is 17.9 Å². The van der Waals surface area contributed by atoms with Crippen LogP contribution in [-0.4, -0.2) is 30.4 Å². The molecule has 1 heterocycles. The smallest absolute Gasteiger partial charge is 0.276 e. The van der Waals surface area contributed by atoms with Crippen molar-refractivity contribution in [2.45, 2.75) is 63.7 Å². The Bertz CT molecular complexity index is 544. The quantitative estimate of drug-likeness (QED) is 0.840. The van der Waals surface area contributed by atoms with E-state index >= 15 is 0 Å². The van der Waals surface area contributed by atoms with Gasteiger partial charge in [-0.05, 0) is 37.3 Å². The van der Waals surface area contributed by atoms with Gasteiger partial charge in [-0.1, -0.05) is 26.7 Å². The van der Waals surface area contributed by atoms with E-state index in [9.17, 15) is 8.42 Å². The van der Waals surface area contributed by atoms with Crippen molar-refractivity contribution >= 4 is 10.0 Å². The van der Waals surface area contributed by atoms with Crippen LogP contribution in [0.5, 0.6) is 0 Å². The van der Waals surface area contributed by atoms with Gasteiger partial charge in [0.2, 0.25) is 5.09 Å². The summed E-state index contributed by atoms with van der Waals surface area (Å²) >= 11 is 0. The van der Waals surface area contributed by atoms with E-state index in [0.29, 0.717) is 12.5 Å². The van der Waals surface area contributed by atoms with Gasteiger partial charge in [0.1, 0.15) is 12.4 Å². The molecule has 0 unspecified atom stereocenters. The maximum absolute atomic E-state index is 12.8. The largest absolute Gasteiger partial charge is 0.446 e. The molecule has 0 atom stereocenters. The molecule has 0 aliphatic heterocycles. The molecule has 0 amide bonds. The van der Waals surface area contributed by atoms with Crippen LogP contribution in [0, 0.1) is 5.92 Å². The predicted molar refractivity (Wildman–Crippen MR) is 80.2 cm³/mol. The fourth-order valence-electron chi connectivity index (χ4n) is 2.77. The van der Waals surface area contributed by atoms with E-state index in [-0.39, 0.29) is 23.5 Å². The monoisotopic (exact) mass is 315 g/mol. The van der Waals surface area contributed by atoms with Crippen LogP contribution in [0.25, 0.3) is 0 Å². The Kier molecular flexibility index (Phi) is 5.46. The Labute approximate surface area is 127 Å². The molecule has 1 fully saturated rings. The van der Waals surface area contributed by atoms with E-state index in [4.69, 9.17) is 9.52 Å². The number of nitrogens with zero attached hydrogens (tertiary/aromatic N) is 1. The Morgan fingerprint density at radius 3 is 2.52 bits per heavy atom. The number of hydrogen-bond acceptors (Lipinski definition) is 4. The Morgan fingerprint density at radius 2 is 2.00 bits per heavy atom. The summed E-state index contributed by atoms with van der Waals surface area (Å²) in [5, 5.41) is 8.99. The standard InChI is InChI=1S/C15H25NO4S/c1-12(2)9-10-16(13-5-3-4-6-13)21(18,19)15-8-7-14(11-17)20-15/h7-8,12-13,17H,3-6,9-11H2,1-2H3. The van der Waals surface area contributed by atoms with Crippen molar-refractivity contribution in [1.29, 1.82) is 0 Å². The SMILES string of the molecule is CC(C)CCN(C1CCCC1)S(=O)(=O)c1ccc(CO)o1. The van der Waals surface area contributed by atoms with Gasteiger partial charge in [-0.25, -0.2) is 8.42 Å². The summed E-state index contributed by atoms with van der Waals surface area (Å²) in [7, 11) is -3.61. The van der Waals surface area contributed by atoms with Crippen molar-refractivity contribution in [3.63, 3.8) is 0 Å². The molecule has 1 aromatic heterocycles. The second-order valence-corrected chi connectivity index (χ2v) is 7.94. The van der Waals surface area contributed by atoms with Crippen LogP contribution < -0.4 is 0 Å². The summed E-state index contributed by atoms with van der Waals surface area (Å²) in [5.74, 6) is 0.734. The molecule has 0 aromatic carbocycles. The highest BCUT2D eigenvalue weighted by atomic mass is 32.2. The molecule has 1 aliphatic carbocycles. The van der Waals surface area contributed by atoms with E-state index in [0.717, 1.165) is 32.1 Å². The molecule has 1 aromatic rings. The first kappa shape index (κ1) is 16.5. The minimum atomic E-state index is -3.61. The average molecular weight is 315 g/mol. The lowest BCUT2D eigenvalue weighted by Crippen LogP contribution is -2.39. The van der Waals surface area contributed by atoms with Crippen molar-refractivity contribution in [2.75, 3.05) is 6.54 Å². The maximum Gasteiger partial charge on any atom is 0.276 e. The Hall–Kier alpha value is -0.850. The fourth-order valence-corrected chi connectivity index (χ4v) is 4.41. The highest BCUT2D eigenvalue weighted by molar-refractivity contribution is 7.89. The molecule has 0 saturated heterocycles. The van der Waals surface area contributed by atoms with Crippen molar-refractivity contribution in [3.05, 3.63) is 17.9 Å². The second-order valence-electron chi connectivity index (χ2n) is 6.12. The van der Waals surface area contributed by atoms with Crippen LogP contribution in [-0.2, 0) is 16.6 Å². The molecule has 2 rings (SSSR count). The maximum atomic E-state index is 12.8. The molecule has 21 heavy (non-hydrogen) atoms. The summed E-state index contributed by atoms with van der Waals surface area (Å²) in [4.78, 5) is 0. The summed E-state index contributed by atoms with van der Waals surface area (Å²) in [6.07, 6.45) is 4.84. The highest BCUT2D eigenvalue weighted by Gasteiger charge is 2.35. The van der Waals surface area contributed by atoms with Crippen molar-refractivity contribution in [2.24, 2.45) is 5.92 Å². The molecule has 0 bridgehead atoms. The highest BCUT2D eigenvalue weighted by Crippen LogP contribution is 2.30.